The predicted octanol–water partition coefficient (Wildman–Crippen LogP) is 6.63. The van der Waals surface area contributed by atoms with E-state index in [-0.39, 0.29) is 46.0 Å². The molecule has 0 radical (unpaired) electrons. The first kappa shape index (κ1) is 28.3. The Labute approximate surface area is 249 Å². The van der Waals surface area contributed by atoms with Crippen LogP contribution in [0, 0.1) is 34.5 Å². The molecule has 4 saturated carbocycles. The second-order valence-electron chi connectivity index (χ2n) is 15.1. The first-order valence-electron chi connectivity index (χ1n) is 16.5. The highest BCUT2D eigenvalue weighted by atomic mass is 16.3. The van der Waals surface area contributed by atoms with Crippen molar-refractivity contribution >= 4 is 0 Å². The zero-order chi connectivity index (χ0) is 29.6. The van der Waals surface area contributed by atoms with E-state index in [0.717, 1.165) is 88.2 Å². The third kappa shape index (κ3) is 4.03. The first-order chi connectivity index (χ1) is 20.0. The molecule has 2 aromatic rings. The fraction of sp³-hybridized carbons (Fsp3) is 0.667. The third-order valence-corrected chi connectivity index (χ3v) is 13.6. The number of aliphatic hydroxyl groups excluding tert-OH is 2. The summed E-state index contributed by atoms with van der Waals surface area (Å²) in [6.07, 6.45) is 12.0. The number of aromatic hydroxyl groups is 4. The average molecular weight is 577 g/mol. The van der Waals surface area contributed by atoms with Crippen molar-refractivity contribution in [2.24, 2.45) is 34.5 Å². The molecule has 6 N–H and O–H groups in total. The SMILES string of the molecule is C[C@]12CC[C@@H]3c4ccc(O)c(O)c4CC[C@H]3[C@@H]1CCC2O.C[C@]12CC[C@@H]3c4ccc(O)c(O)c4CC[C@H]3[C@@H]1CC[C@@H]2O. The average Bonchev–Trinajstić information content (AvgIpc) is 3.47. The molecule has 0 bridgehead atoms. The van der Waals surface area contributed by atoms with Gasteiger partial charge in [-0.1, -0.05) is 26.0 Å². The van der Waals surface area contributed by atoms with Gasteiger partial charge in [-0.15, -0.1) is 0 Å². The van der Waals surface area contributed by atoms with Gasteiger partial charge in [0.15, 0.2) is 23.0 Å². The standard InChI is InChI=1S/2C18H24O3/c2*1-18-9-8-11-10-4-6-15(19)17(21)13(10)3-2-12(11)14(18)5-7-16(18)20/h2*4,6,11-12,14,16,19-21H,2-3,5,7-9H2,1H3/t11-,12-,14+,16?,18+;11-,12-,14+,16+,18+/m11/s1. The summed E-state index contributed by atoms with van der Waals surface area (Å²) in [4.78, 5) is 0. The minimum atomic E-state index is -0.141. The Morgan fingerprint density at radius 3 is 1.36 bits per heavy atom. The summed E-state index contributed by atoms with van der Waals surface area (Å²) in [6, 6.07) is 7.28. The van der Waals surface area contributed by atoms with Crippen molar-refractivity contribution in [3.05, 3.63) is 46.5 Å². The Morgan fingerprint density at radius 2 is 0.952 bits per heavy atom. The zero-order valence-corrected chi connectivity index (χ0v) is 25.1. The number of aliphatic hydroxyl groups is 2. The highest BCUT2D eigenvalue weighted by Gasteiger charge is 2.56. The molecule has 10 atom stereocenters. The number of hydrogen-bond acceptors (Lipinski definition) is 6. The number of hydrogen-bond donors (Lipinski definition) is 6. The van der Waals surface area contributed by atoms with Crippen molar-refractivity contribution in [2.75, 3.05) is 0 Å². The summed E-state index contributed by atoms with van der Waals surface area (Å²) in [5, 5.41) is 60.4. The maximum Gasteiger partial charge on any atom is 0.160 e. The van der Waals surface area contributed by atoms with Gasteiger partial charge in [-0.25, -0.2) is 0 Å². The Hall–Kier alpha value is -2.44. The summed E-state index contributed by atoms with van der Waals surface area (Å²) >= 11 is 0. The summed E-state index contributed by atoms with van der Waals surface area (Å²) in [6.45, 7) is 4.55. The van der Waals surface area contributed by atoms with Crippen molar-refractivity contribution in [1.29, 1.82) is 0 Å². The molecule has 0 heterocycles. The van der Waals surface area contributed by atoms with E-state index in [1.165, 1.54) is 11.1 Å². The van der Waals surface area contributed by atoms with Crippen LogP contribution < -0.4 is 0 Å². The normalized spacial score (nSPS) is 41.2. The van der Waals surface area contributed by atoms with Gasteiger partial charge in [0.2, 0.25) is 0 Å². The zero-order valence-electron chi connectivity index (χ0n) is 25.1. The van der Waals surface area contributed by atoms with Crippen LogP contribution in [0.5, 0.6) is 23.0 Å². The van der Waals surface area contributed by atoms with Crippen LogP contribution in [-0.2, 0) is 12.8 Å². The summed E-state index contributed by atoms with van der Waals surface area (Å²) < 4.78 is 0. The quantitative estimate of drug-likeness (QED) is 0.196. The fourth-order valence-electron chi connectivity index (χ4n) is 11.2. The topological polar surface area (TPSA) is 121 Å². The van der Waals surface area contributed by atoms with Gasteiger partial charge in [0.1, 0.15) is 0 Å². The van der Waals surface area contributed by atoms with Gasteiger partial charge >= 0.3 is 0 Å². The van der Waals surface area contributed by atoms with Crippen LogP contribution in [0.25, 0.3) is 0 Å². The molecule has 8 rings (SSSR count). The van der Waals surface area contributed by atoms with Gasteiger partial charge in [-0.3, -0.25) is 0 Å². The van der Waals surface area contributed by atoms with Gasteiger partial charge in [0, 0.05) is 11.1 Å². The van der Waals surface area contributed by atoms with E-state index in [1.54, 1.807) is 12.1 Å². The van der Waals surface area contributed by atoms with Crippen LogP contribution in [0.15, 0.2) is 24.3 Å². The van der Waals surface area contributed by atoms with E-state index in [0.29, 0.717) is 35.5 Å². The second-order valence-corrected chi connectivity index (χ2v) is 15.1. The predicted molar refractivity (Wildman–Crippen MR) is 161 cm³/mol. The Kier molecular flexibility index (Phi) is 6.78. The molecule has 6 nitrogen and oxygen atoms in total. The van der Waals surface area contributed by atoms with Gasteiger partial charge in [0.25, 0.3) is 0 Å². The first-order valence-corrected chi connectivity index (χ1v) is 16.5. The molecule has 0 aromatic heterocycles. The van der Waals surface area contributed by atoms with E-state index >= 15 is 0 Å². The molecule has 42 heavy (non-hydrogen) atoms. The fourth-order valence-corrected chi connectivity index (χ4v) is 11.2. The Balaban J connectivity index is 0.000000137. The second kappa shape index (κ2) is 10.1. The number of phenolic OH excluding ortho intramolecular Hbond substituents is 4. The summed E-state index contributed by atoms with van der Waals surface area (Å²) in [5.74, 6) is 3.62. The molecule has 0 saturated heterocycles. The lowest BCUT2D eigenvalue weighted by Gasteiger charge is -2.50. The molecule has 6 aliphatic carbocycles. The van der Waals surface area contributed by atoms with E-state index in [4.69, 9.17) is 0 Å². The lowest BCUT2D eigenvalue weighted by atomic mass is 9.55. The van der Waals surface area contributed by atoms with Gasteiger partial charge < -0.3 is 30.6 Å². The van der Waals surface area contributed by atoms with Gasteiger partial charge in [-0.05, 0) is 147 Å². The largest absolute Gasteiger partial charge is 0.504 e. The van der Waals surface area contributed by atoms with Crippen molar-refractivity contribution in [1.82, 2.24) is 0 Å². The molecular weight excluding hydrogens is 528 g/mol. The minimum Gasteiger partial charge on any atom is -0.504 e. The molecule has 0 spiro atoms. The van der Waals surface area contributed by atoms with Crippen LogP contribution >= 0.6 is 0 Å². The molecule has 0 amide bonds. The van der Waals surface area contributed by atoms with Crippen LogP contribution in [-0.4, -0.2) is 42.8 Å². The molecule has 2 aromatic carbocycles. The van der Waals surface area contributed by atoms with Gasteiger partial charge in [0.05, 0.1) is 12.2 Å². The summed E-state index contributed by atoms with van der Waals surface area (Å²) in [5.41, 5.74) is 4.58. The minimum absolute atomic E-state index is 0.00383. The Bertz CT molecular complexity index is 1270. The van der Waals surface area contributed by atoms with Gasteiger partial charge in [-0.2, -0.15) is 0 Å². The molecule has 1 unspecified atom stereocenters. The maximum absolute atomic E-state index is 10.4. The molecule has 228 valence electrons. The number of phenols is 4. The smallest absolute Gasteiger partial charge is 0.160 e. The van der Waals surface area contributed by atoms with E-state index in [2.05, 4.69) is 13.8 Å². The van der Waals surface area contributed by atoms with E-state index < -0.39 is 0 Å². The third-order valence-electron chi connectivity index (χ3n) is 13.6. The van der Waals surface area contributed by atoms with E-state index in [1.807, 2.05) is 12.1 Å². The van der Waals surface area contributed by atoms with Crippen molar-refractivity contribution in [3.8, 4) is 23.0 Å². The monoisotopic (exact) mass is 576 g/mol. The summed E-state index contributed by atoms with van der Waals surface area (Å²) in [7, 11) is 0. The Morgan fingerprint density at radius 1 is 0.548 bits per heavy atom. The maximum atomic E-state index is 10.4. The molecule has 6 heteroatoms. The molecule has 4 fully saturated rings. The number of benzene rings is 2. The van der Waals surface area contributed by atoms with Crippen LogP contribution in [0.2, 0.25) is 0 Å². The van der Waals surface area contributed by atoms with Crippen molar-refractivity contribution < 1.29 is 30.6 Å². The van der Waals surface area contributed by atoms with Crippen LogP contribution in [0.4, 0.5) is 0 Å². The highest BCUT2D eigenvalue weighted by Crippen LogP contribution is 2.63. The lowest BCUT2D eigenvalue weighted by Crippen LogP contribution is -2.43. The van der Waals surface area contributed by atoms with Crippen molar-refractivity contribution in [2.45, 2.75) is 115 Å². The lowest BCUT2D eigenvalue weighted by molar-refractivity contribution is -0.0227. The molecule has 6 aliphatic rings. The van der Waals surface area contributed by atoms with E-state index in [9.17, 15) is 30.6 Å². The number of fused-ring (bicyclic) bond motifs is 10. The van der Waals surface area contributed by atoms with Crippen LogP contribution in [0.3, 0.4) is 0 Å². The highest BCUT2D eigenvalue weighted by molar-refractivity contribution is 5.52. The number of rotatable bonds is 0. The van der Waals surface area contributed by atoms with Crippen LogP contribution in [0.1, 0.15) is 112 Å². The van der Waals surface area contributed by atoms with Crippen molar-refractivity contribution in [3.63, 3.8) is 0 Å². The molecule has 0 aliphatic heterocycles. The molecular formula is C36H48O6.